The number of likely N-dealkylation sites (N-methyl/N-ethyl adjacent to an activating group) is 8. The summed E-state index contributed by atoms with van der Waals surface area (Å²) in [6.07, 6.45) is 34.3. The van der Waals surface area contributed by atoms with Gasteiger partial charge in [0.1, 0.15) is 0 Å². The average molecular weight is 1760 g/mol. The smallest absolute Gasteiger partial charge is 0.0364 e. The highest BCUT2D eigenvalue weighted by molar-refractivity contribution is 8.00. The van der Waals surface area contributed by atoms with E-state index in [4.69, 9.17) is 0 Å². The van der Waals surface area contributed by atoms with Crippen molar-refractivity contribution >= 4 is 99.8 Å². The van der Waals surface area contributed by atoms with Gasteiger partial charge in [-0.05, 0) is 199 Å². The van der Waals surface area contributed by atoms with Crippen molar-refractivity contribution in [2.75, 3.05) is 345 Å². The fraction of sp³-hybridized carbons (Fsp3) is 0.867. The molecule has 0 aliphatic heterocycles. The van der Waals surface area contributed by atoms with Crippen LogP contribution < -0.4 is 47.4 Å². The Morgan fingerprint density at radius 2 is 0.623 bits per heavy atom. The molecule has 2 aromatic rings. The zero-order valence-corrected chi connectivity index (χ0v) is 85.1. The molecule has 16 nitrogen and oxygen atoms in total. The molecule has 0 spiro atoms. The summed E-state index contributed by atoms with van der Waals surface area (Å²) >= 11 is 15.2. The number of nitrogens with zero attached hydrogens (tertiary/aromatic N) is 8. The Kier molecular flexibility index (Phi) is 106. The summed E-state index contributed by atoms with van der Waals surface area (Å²) in [7, 11) is 8.83. The molecule has 0 radical (unpaired) electrons. The van der Waals surface area contributed by atoms with Crippen LogP contribution in [0.4, 0.5) is 5.69 Å². The highest BCUT2D eigenvalue weighted by atomic mass is 32.2. The zero-order chi connectivity index (χ0) is 85.1. The summed E-state index contributed by atoms with van der Waals surface area (Å²) in [6, 6.07) is 21.8. The van der Waals surface area contributed by atoms with Crippen LogP contribution in [0, 0.1) is 11.8 Å². The number of anilines is 1. The van der Waals surface area contributed by atoms with Crippen molar-refractivity contribution in [1.29, 1.82) is 0 Å². The molecule has 114 heavy (non-hydrogen) atoms. The normalized spacial score (nSPS) is 12.9. The van der Waals surface area contributed by atoms with Gasteiger partial charge in [-0.25, -0.2) is 0 Å². The number of benzene rings is 2. The fourth-order valence-corrected chi connectivity index (χ4v) is 15.5. The van der Waals surface area contributed by atoms with Gasteiger partial charge in [-0.1, -0.05) is 136 Å². The Labute approximate surface area is 745 Å². The van der Waals surface area contributed by atoms with E-state index in [0.717, 1.165) is 143 Å². The molecule has 24 heteroatoms. The number of nitrogens with one attached hydrogen (secondary N) is 8. The van der Waals surface area contributed by atoms with Gasteiger partial charge >= 0.3 is 0 Å². The van der Waals surface area contributed by atoms with Crippen molar-refractivity contribution < 1.29 is 0 Å². The van der Waals surface area contributed by atoms with Gasteiger partial charge in [-0.3, -0.25) is 4.90 Å². The molecule has 0 heterocycles. The fourth-order valence-electron chi connectivity index (χ4n) is 12.7. The molecule has 0 bridgehead atoms. The number of unbranched alkanes of at least 4 members (excludes halogenated alkanes) is 1. The molecule has 0 aromatic heterocycles. The number of thioether (sulfide) groups is 8. The second-order valence-corrected chi connectivity index (χ2v) is 38.0. The van der Waals surface area contributed by atoms with Crippen molar-refractivity contribution in [1.82, 2.24) is 76.8 Å². The van der Waals surface area contributed by atoms with E-state index >= 15 is 0 Å². The van der Waals surface area contributed by atoms with Gasteiger partial charge in [0, 0.05) is 242 Å². The Balaban J connectivity index is -0.000000608. The van der Waals surface area contributed by atoms with E-state index in [1.165, 1.54) is 226 Å². The summed E-state index contributed by atoms with van der Waals surface area (Å²) in [4.78, 5) is 19.5. The molecule has 0 saturated heterocycles. The average Bonchev–Trinajstić information content (AvgIpc) is 1.76. The number of hydrogen-bond donors (Lipinski definition) is 8. The minimum atomic E-state index is 0.673. The Bertz CT molecular complexity index is 2040. The second-order valence-electron chi connectivity index (χ2n) is 30.1. The summed E-state index contributed by atoms with van der Waals surface area (Å²) < 4.78 is 0. The van der Waals surface area contributed by atoms with Crippen LogP contribution in [0.15, 0.2) is 60.7 Å². The third kappa shape index (κ3) is 90.2. The molecule has 8 N–H and O–H groups in total. The molecule has 4 rings (SSSR count). The largest absolute Gasteiger partial charge is 0.373 e. The van der Waals surface area contributed by atoms with Crippen molar-refractivity contribution in [3.8, 4) is 0 Å². The number of hydrogen-bond acceptors (Lipinski definition) is 24. The van der Waals surface area contributed by atoms with Crippen LogP contribution in [-0.4, -0.2) is 381 Å². The zero-order valence-electron chi connectivity index (χ0n) is 78.5. The van der Waals surface area contributed by atoms with Gasteiger partial charge < -0.3 is 76.8 Å². The van der Waals surface area contributed by atoms with E-state index in [-0.39, 0.29) is 0 Å². The van der Waals surface area contributed by atoms with E-state index in [1.807, 2.05) is 100 Å². The highest BCUT2D eigenvalue weighted by Crippen LogP contribution is 2.25. The third-order valence-electron chi connectivity index (χ3n) is 20.0. The molecule has 2 saturated carbocycles. The van der Waals surface area contributed by atoms with E-state index in [9.17, 15) is 0 Å². The summed E-state index contributed by atoms with van der Waals surface area (Å²) in [6.45, 7) is 59.4. The Hall–Kier alpha value is 0.440. The minimum absolute atomic E-state index is 0.673. The lowest BCUT2D eigenvalue weighted by Crippen LogP contribution is -2.37. The molecule has 0 unspecified atom stereocenters. The van der Waals surface area contributed by atoms with Gasteiger partial charge in [-0.2, -0.15) is 94.1 Å². The molecule has 0 amide bonds. The van der Waals surface area contributed by atoms with Crippen LogP contribution >= 0.6 is 94.1 Å². The van der Waals surface area contributed by atoms with Crippen LogP contribution in [0.2, 0.25) is 0 Å². The summed E-state index contributed by atoms with van der Waals surface area (Å²) in [5.41, 5.74) is 2.67. The molecular formula is C90H192N16S8. The van der Waals surface area contributed by atoms with Crippen molar-refractivity contribution in [2.24, 2.45) is 11.8 Å². The molecule has 2 aliphatic carbocycles. The van der Waals surface area contributed by atoms with Crippen LogP contribution in [-0.2, 0) is 6.54 Å². The van der Waals surface area contributed by atoms with E-state index in [2.05, 4.69) is 277 Å². The first-order valence-electron chi connectivity index (χ1n) is 44.9. The topological polar surface area (TPSA) is 122 Å². The minimum Gasteiger partial charge on any atom is -0.373 e. The van der Waals surface area contributed by atoms with Crippen LogP contribution in [0.5, 0.6) is 0 Å². The standard InChI is InChI=1S/C13H28N2S.C13H22N2S.C12H26N2S.C12H20N2S.C11H26N2S.2C10H24N2S.C9H22N2S/c2*1-15(10-8-14-9-11-16-2)12-13-6-4-3-5-7-13;1-14(9-7-13-8-10-15-2)11-12-5-3-4-6-12;1-14(10-8-13-9-11-15-2)12-6-4-3-5-7-12;1-4-6-9-13(5-2)10-7-12-8-11-14-3;1-5-12(10(2)3)8-6-11-7-9-13-4;1-4-8-12(5-2)9-6-11-7-10-13-3;1-4-11(5-2)8-6-10-7-9-12-3/h13-14H,3-12H2,1-2H3;3-7,14H,8-12H2,1-2H3;12-13H,3-11H2,1-2H3;3-7,13H,8-11H2,1-2H3;12H,4-11H2,1-3H3;10-11H,5-9H2,1-4H3;11H,4-10H2,1-3H3;10H,4-9H2,1-3H3. The first-order valence-corrected chi connectivity index (χ1v) is 56.1. The van der Waals surface area contributed by atoms with Crippen LogP contribution in [0.1, 0.15) is 145 Å². The van der Waals surface area contributed by atoms with Crippen LogP contribution in [0.3, 0.4) is 0 Å². The predicted octanol–water partition coefficient (Wildman–Crippen LogP) is 15.3. The van der Waals surface area contributed by atoms with Gasteiger partial charge in [0.05, 0.1) is 0 Å². The SMILES string of the molecule is CCCCN(CC)CCNCCSC.CCCN(CC)CCNCCSC.CCN(CC)CCNCCSC.CCN(CCNCCSC)C(C)C.CSCCNCCN(C)CC1CCCC1.CSCCNCCN(C)CC1CCCCC1.CSCCNCCN(C)Cc1ccccc1.CSCCNCCN(C)c1ccccc1. The predicted molar refractivity (Wildman–Crippen MR) is 546 cm³/mol. The maximum absolute atomic E-state index is 3.49. The molecule has 2 aromatic carbocycles. The lowest BCUT2D eigenvalue weighted by molar-refractivity contribution is 0.234. The first kappa shape index (κ1) is 121. The Morgan fingerprint density at radius 1 is 0.316 bits per heavy atom. The van der Waals surface area contributed by atoms with Gasteiger partial charge in [0.15, 0.2) is 0 Å². The monoisotopic (exact) mass is 1750 g/mol. The van der Waals surface area contributed by atoms with Gasteiger partial charge in [-0.15, -0.1) is 0 Å². The Morgan fingerprint density at radius 3 is 0.947 bits per heavy atom. The maximum Gasteiger partial charge on any atom is 0.0364 e. The van der Waals surface area contributed by atoms with E-state index < -0.39 is 0 Å². The highest BCUT2D eigenvalue weighted by Gasteiger charge is 2.17. The third-order valence-corrected chi connectivity index (χ3v) is 24.9. The van der Waals surface area contributed by atoms with E-state index in [1.54, 1.807) is 0 Å². The quantitative estimate of drug-likeness (QED) is 0.0300. The molecule has 0 atom stereocenters. The lowest BCUT2D eigenvalue weighted by Gasteiger charge is -2.27. The second kappa shape index (κ2) is 101. The van der Waals surface area contributed by atoms with E-state index in [0.29, 0.717) is 6.04 Å². The summed E-state index contributed by atoms with van der Waals surface area (Å²) in [5.74, 6) is 11.7. The van der Waals surface area contributed by atoms with Crippen molar-refractivity contribution in [2.45, 2.75) is 152 Å². The van der Waals surface area contributed by atoms with Gasteiger partial charge in [0.25, 0.3) is 0 Å². The molecule has 2 aliphatic rings. The number of para-hydroxylation sites is 1. The first-order chi connectivity index (χ1) is 55.6. The molecule has 680 valence electrons. The van der Waals surface area contributed by atoms with Gasteiger partial charge in [0.2, 0.25) is 0 Å². The van der Waals surface area contributed by atoms with Crippen molar-refractivity contribution in [3.05, 3.63) is 66.2 Å². The summed E-state index contributed by atoms with van der Waals surface area (Å²) in [5, 5.41) is 27.6. The molecule has 2 fully saturated rings. The molecular weight excluding hydrogens is 1560 g/mol. The maximum atomic E-state index is 3.49. The van der Waals surface area contributed by atoms with Crippen LogP contribution in [0.25, 0.3) is 0 Å². The lowest BCUT2D eigenvalue weighted by atomic mass is 9.89. The number of rotatable bonds is 66. The van der Waals surface area contributed by atoms with Crippen molar-refractivity contribution in [3.63, 3.8) is 0 Å².